The van der Waals surface area contributed by atoms with E-state index in [0.717, 1.165) is 0 Å². The summed E-state index contributed by atoms with van der Waals surface area (Å²) in [6.45, 7) is 0.461. The normalized spacial score (nSPS) is 13.1. The number of aromatic nitrogens is 2. The van der Waals surface area contributed by atoms with E-state index < -0.39 is 12.6 Å². The van der Waals surface area contributed by atoms with Gasteiger partial charge in [-0.2, -0.15) is 0 Å². The van der Waals surface area contributed by atoms with Crippen LogP contribution in [0.15, 0.2) is 22.6 Å². The summed E-state index contributed by atoms with van der Waals surface area (Å²) in [6.07, 6.45) is 0. The molecule has 0 amide bonds. The van der Waals surface area contributed by atoms with Crippen molar-refractivity contribution in [1.29, 1.82) is 0 Å². The SMILES string of the molecule is O=C(O)COCc1nnc(-c2cccc3c2OCCO3)o1. The molecule has 1 N–H and O–H groups in total. The lowest BCUT2D eigenvalue weighted by atomic mass is 10.2. The summed E-state index contributed by atoms with van der Waals surface area (Å²) in [6, 6.07) is 5.38. The summed E-state index contributed by atoms with van der Waals surface area (Å²) in [4.78, 5) is 10.4. The first kappa shape index (κ1) is 13.4. The lowest BCUT2D eigenvalue weighted by molar-refractivity contribution is -0.142. The first-order valence-electron chi connectivity index (χ1n) is 6.25. The van der Waals surface area contributed by atoms with Gasteiger partial charge in [0.05, 0.1) is 5.56 Å². The highest BCUT2D eigenvalue weighted by atomic mass is 16.6. The minimum Gasteiger partial charge on any atom is -0.486 e. The summed E-state index contributed by atoms with van der Waals surface area (Å²) >= 11 is 0. The third kappa shape index (κ3) is 2.95. The zero-order valence-electron chi connectivity index (χ0n) is 10.9. The molecule has 0 atom stereocenters. The summed E-state index contributed by atoms with van der Waals surface area (Å²) in [5.74, 6) is 0.593. The molecule has 21 heavy (non-hydrogen) atoms. The predicted molar refractivity (Wildman–Crippen MR) is 68.0 cm³/mol. The third-order valence-corrected chi connectivity index (χ3v) is 2.71. The maximum absolute atomic E-state index is 10.4. The molecule has 3 rings (SSSR count). The van der Waals surface area contributed by atoms with E-state index in [1.54, 1.807) is 18.2 Å². The van der Waals surface area contributed by atoms with Gasteiger partial charge in [0.25, 0.3) is 5.89 Å². The van der Waals surface area contributed by atoms with Crippen LogP contribution in [0.5, 0.6) is 11.5 Å². The van der Waals surface area contributed by atoms with Gasteiger partial charge in [0.1, 0.15) is 26.4 Å². The van der Waals surface area contributed by atoms with Gasteiger partial charge >= 0.3 is 5.97 Å². The van der Waals surface area contributed by atoms with Crippen molar-refractivity contribution >= 4 is 5.97 Å². The molecule has 0 unspecified atom stereocenters. The van der Waals surface area contributed by atoms with E-state index in [1.165, 1.54) is 0 Å². The molecule has 110 valence electrons. The molecular formula is C13H12N2O6. The molecule has 0 aliphatic carbocycles. The number of aliphatic carboxylic acids is 1. The van der Waals surface area contributed by atoms with Crippen molar-refractivity contribution in [2.75, 3.05) is 19.8 Å². The van der Waals surface area contributed by atoms with Crippen LogP contribution in [0.4, 0.5) is 0 Å². The Kier molecular flexibility index (Phi) is 3.69. The van der Waals surface area contributed by atoms with Crippen molar-refractivity contribution in [2.24, 2.45) is 0 Å². The second kappa shape index (κ2) is 5.80. The Bertz CT molecular complexity index is 654. The summed E-state index contributed by atoms with van der Waals surface area (Å²) in [5.41, 5.74) is 0.629. The molecule has 1 aliphatic rings. The van der Waals surface area contributed by atoms with Crippen LogP contribution >= 0.6 is 0 Å². The van der Waals surface area contributed by atoms with Crippen LogP contribution in [0.25, 0.3) is 11.5 Å². The van der Waals surface area contributed by atoms with Gasteiger partial charge in [0, 0.05) is 0 Å². The molecule has 0 radical (unpaired) electrons. The minimum absolute atomic E-state index is 0.0638. The minimum atomic E-state index is -1.06. The Balaban J connectivity index is 1.78. The Morgan fingerprint density at radius 3 is 3.00 bits per heavy atom. The standard InChI is InChI=1S/C13H12N2O6/c16-11(17)7-18-6-10-14-15-13(21-10)8-2-1-3-9-12(8)20-5-4-19-9/h1-3H,4-7H2,(H,16,17). The molecule has 1 aromatic carbocycles. The van der Waals surface area contributed by atoms with E-state index in [4.69, 9.17) is 23.7 Å². The number of fused-ring (bicyclic) bond motifs is 1. The van der Waals surface area contributed by atoms with Crippen LogP contribution in [-0.4, -0.2) is 41.1 Å². The molecule has 0 saturated carbocycles. The van der Waals surface area contributed by atoms with Crippen molar-refractivity contribution in [3.05, 3.63) is 24.1 Å². The number of rotatable bonds is 5. The summed E-state index contributed by atoms with van der Waals surface area (Å²) in [5, 5.41) is 16.2. The van der Waals surface area contributed by atoms with Crippen molar-refractivity contribution in [1.82, 2.24) is 10.2 Å². The Labute approximate surface area is 119 Å². The van der Waals surface area contributed by atoms with E-state index in [-0.39, 0.29) is 18.4 Å². The Hall–Kier alpha value is -2.61. The van der Waals surface area contributed by atoms with Crippen molar-refractivity contribution in [3.63, 3.8) is 0 Å². The number of hydrogen-bond donors (Lipinski definition) is 1. The highest BCUT2D eigenvalue weighted by molar-refractivity contribution is 5.68. The maximum atomic E-state index is 10.4. The fourth-order valence-corrected chi connectivity index (χ4v) is 1.89. The third-order valence-electron chi connectivity index (χ3n) is 2.71. The average molecular weight is 292 g/mol. The number of carbonyl (C=O) groups is 1. The van der Waals surface area contributed by atoms with Crippen LogP contribution in [-0.2, 0) is 16.1 Å². The summed E-state index contributed by atoms with van der Waals surface area (Å²) in [7, 11) is 0. The molecule has 0 bridgehead atoms. The fourth-order valence-electron chi connectivity index (χ4n) is 1.89. The first-order chi connectivity index (χ1) is 10.2. The quantitative estimate of drug-likeness (QED) is 0.873. The Morgan fingerprint density at radius 2 is 2.14 bits per heavy atom. The van der Waals surface area contributed by atoms with Gasteiger partial charge in [-0.05, 0) is 12.1 Å². The average Bonchev–Trinajstić information content (AvgIpc) is 2.95. The number of nitrogens with zero attached hydrogens (tertiary/aromatic N) is 2. The second-order valence-electron chi connectivity index (χ2n) is 4.22. The largest absolute Gasteiger partial charge is 0.486 e. The Morgan fingerprint density at radius 1 is 1.29 bits per heavy atom. The van der Waals surface area contributed by atoms with E-state index in [0.29, 0.717) is 30.3 Å². The second-order valence-corrected chi connectivity index (χ2v) is 4.22. The van der Waals surface area contributed by atoms with Gasteiger partial charge in [-0.15, -0.1) is 10.2 Å². The highest BCUT2D eigenvalue weighted by Gasteiger charge is 2.20. The number of para-hydroxylation sites is 1. The molecule has 8 heteroatoms. The van der Waals surface area contributed by atoms with Gasteiger partial charge in [-0.3, -0.25) is 0 Å². The lowest BCUT2D eigenvalue weighted by Gasteiger charge is -2.19. The first-order valence-corrected chi connectivity index (χ1v) is 6.25. The van der Waals surface area contributed by atoms with Crippen LogP contribution in [0.3, 0.4) is 0 Å². The van der Waals surface area contributed by atoms with Crippen molar-refractivity contribution in [2.45, 2.75) is 6.61 Å². The molecule has 0 fully saturated rings. The zero-order chi connectivity index (χ0) is 14.7. The molecule has 0 saturated heterocycles. The number of carboxylic acids is 1. The molecule has 8 nitrogen and oxygen atoms in total. The highest BCUT2D eigenvalue weighted by Crippen LogP contribution is 2.39. The number of carboxylic acid groups (broad SMARTS) is 1. The molecule has 2 aromatic rings. The van der Waals surface area contributed by atoms with Gasteiger partial charge in [-0.25, -0.2) is 4.79 Å². The lowest BCUT2D eigenvalue weighted by Crippen LogP contribution is -2.15. The van der Waals surface area contributed by atoms with E-state index in [9.17, 15) is 4.79 Å². The van der Waals surface area contributed by atoms with Crippen LogP contribution in [0.2, 0.25) is 0 Å². The molecular weight excluding hydrogens is 280 g/mol. The molecule has 1 aliphatic heterocycles. The van der Waals surface area contributed by atoms with Crippen LogP contribution < -0.4 is 9.47 Å². The van der Waals surface area contributed by atoms with Crippen LogP contribution in [0.1, 0.15) is 5.89 Å². The van der Waals surface area contributed by atoms with Gasteiger partial charge < -0.3 is 23.7 Å². The smallest absolute Gasteiger partial charge is 0.329 e. The molecule has 1 aromatic heterocycles. The van der Waals surface area contributed by atoms with Crippen molar-refractivity contribution < 1.29 is 28.5 Å². The summed E-state index contributed by atoms with van der Waals surface area (Å²) < 4.78 is 21.4. The van der Waals surface area contributed by atoms with E-state index in [1.807, 2.05) is 0 Å². The number of ether oxygens (including phenoxy) is 3. The van der Waals surface area contributed by atoms with Gasteiger partial charge in [0.15, 0.2) is 11.5 Å². The molecule has 0 spiro atoms. The zero-order valence-corrected chi connectivity index (χ0v) is 10.9. The van der Waals surface area contributed by atoms with Gasteiger partial charge in [0.2, 0.25) is 5.89 Å². The maximum Gasteiger partial charge on any atom is 0.329 e. The number of hydrogen-bond acceptors (Lipinski definition) is 7. The predicted octanol–water partition coefficient (Wildman–Crippen LogP) is 1.11. The van der Waals surface area contributed by atoms with Gasteiger partial charge in [-0.1, -0.05) is 6.07 Å². The topological polar surface area (TPSA) is 104 Å². The molecule has 2 heterocycles. The van der Waals surface area contributed by atoms with Crippen LogP contribution in [0, 0.1) is 0 Å². The van der Waals surface area contributed by atoms with Crippen molar-refractivity contribution in [3.8, 4) is 23.0 Å². The van der Waals surface area contributed by atoms with E-state index >= 15 is 0 Å². The fraction of sp³-hybridized carbons (Fsp3) is 0.308. The van der Waals surface area contributed by atoms with E-state index in [2.05, 4.69) is 10.2 Å². The number of benzene rings is 1. The monoisotopic (exact) mass is 292 g/mol.